The van der Waals surface area contributed by atoms with Gasteiger partial charge in [0.15, 0.2) is 11.6 Å². The van der Waals surface area contributed by atoms with Gasteiger partial charge in [-0.15, -0.1) is 11.8 Å². The van der Waals surface area contributed by atoms with Crippen molar-refractivity contribution in [3.63, 3.8) is 0 Å². The third-order valence-corrected chi connectivity index (χ3v) is 4.78. The number of likely N-dealkylation sites (N-methyl/N-ethyl adjacent to an activating group) is 1. The zero-order chi connectivity index (χ0) is 15.0. The number of rotatable bonds is 1. The lowest BCUT2D eigenvalue weighted by atomic mass is 9.89. The van der Waals surface area contributed by atoms with Crippen LogP contribution in [0.4, 0.5) is 5.69 Å². The van der Waals surface area contributed by atoms with Gasteiger partial charge in [-0.05, 0) is 24.8 Å². The predicted octanol–water partition coefficient (Wildman–Crippen LogP) is 3.42. The van der Waals surface area contributed by atoms with Gasteiger partial charge >= 0.3 is 0 Å². The Balaban J connectivity index is 2.21. The number of nitrogens with zero attached hydrogens (tertiary/aromatic N) is 1. The molecular formula is C17H17NO2S. The molecule has 21 heavy (non-hydrogen) atoms. The lowest BCUT2D eigenvalue weighted by Crippen LogP contribution is -2.28. The second-order valence-corrected chi connectivity index (χ2v) is 6.10. The van der Waals surface area contributed by atoms with E-state index in [-0.39, 0.29) is 11.6 Å². The molecule has 0 N–H and O–H groups in total. The van der Waals surface area contributed by atoms with Crippen LogP contribution in [0.15, 0.2) is 41.6 Å². The summed E-state index contributed by atoms with van der Waals surface area (Å²) in [4.78, 5) is 27.5. The van der Waals surface area contributed by atoms with Crippen molar-refractivity contribution < 1.29 is 9.59 Å². The Bertz CT molecular complexity index is 670. The fraction of sp³-hybridized carbons (Fsp3) is 0.294. The van der Waals surface area contributed by atoms with E-state index in [9.17, 15) is 9.59 Å². The van der Waals surface area contributed by atoms with Gasteiger partial charge in [-0.2, -0.15) is 0 Å². The fourth-order valence-electron chi connectivity index (χ4n) is 2.91. The number of carbonyl (C=O) groups excluding carboxylic acids is 2. The highest BCUT2D eigenvalue weighted by molar-refractivity contribution is 8.07. The second-order valence-electron chi connectivity index (χ2n) is 5.25. The number of carbonyl (C=O) groups is 2. The summed E-state index contributed by atoms with van der Waals surface area (Å²) < 4.78 is 0. The summed E-state index contributed by atoms with van der Waals surface area (Å²) in [6.45, 7) is 0. The lowest BCUT2D eigenvalue weighted by molar-refractivity contribution is -0.123. The number of Topliss-reactive ketones (excluding diaryl/α,β-unsaturated/α-hetero) is 2. The van der Waals surface area contributed by atoms with Gasteiger partial charge in [0.2, 0.25) is 0 Å². The molecule has 0 aromatic heterocycles. The zero-order valence-electron chi connectivity index (χ0n) is 12.2. The molecule has 0 atom stereocenters. The normalized spacial score (nSPS) is 18.8. The molecule has 0 unspecified atom stereocenters. The fourth-order valence-corrected chi connectivity index (χ4v) is 3.53. The van der Waals surface area contributed by atoms with Crippen LogP contribution < -0.4 is 4.90 Å². The molecule has 3 rings (SSSR count). The first-order valence-corrected chi connectivity index (χ1v) is 8.25. The minimum absolute atomic E-state index is 0.0239. The summed E-state index contributed by atoms with van der Waals surface area (Å²) >= 11 is 1.64. The predicted molar refractivity (Wildman–Crippen MR) is 87.2 cm³/mol. The lowest BCUT2D eigenvalue weighted by Gasteiger charge is -2.31. The average Bonchev–Trinajstić information content (AvgIpc) is 2.49. The third kappa shape index (κ3) is 2.33. The van der Waals surface area contributed by atoms with Crippen LogP contribution >= 0.6 is 11.8 Å². The molecular weight excluding hydrogens is 282 g/mol. The molecule has 0 radical (unpaired) electrons. The van der Waals surface area contributed by atoms with Crippen LogP contribution in [0.1, 0.15) is 24.8 Å². The Morgan fingerprint density at radius 1 is 1.10 bits per heavy atom. The molecule has 4 heteroatoms. The molecule has 1 heterocycles. The van der Waals surface area contributed by atoms with E-state index in [1.165, 1.54) is 0 Å². The summed E-state index contributed by atoms with van der Waals surface area (Å²) in [6, 6.07) is 8.08. The number of hydrogen-bond donors (Lipinski definition) is 0. The number of benzene rings is 1. The molecule has 1 aromatic carbocycles. The molecule has 108 valence electrons. The smallest absolute Gasteiger partial charge is 0.168 e. The van der Waals surface area contributed by atoms with Crippen LogP contribution in [0.3, 0.4) is 0 Å². The van der Waals surface area contributed by atoms with Crippen LogP contribution in [0, 0.1) is 0 Å². The highest BCUT2D eigenvalue weighted by atomic mass is 32.2. The Hall–Kier alpha value is -1.81. The molecule has 1 aromatic rings. The molecule has 0 amide bonds. The monoisotopic (exact) mass is 299 g/mol. The molecule has 1 aliphatic carbocycles. The first-order valence-electron chi connectivity index (χ1n) is 7.03. The van der Waals surface area contributed by atoms with E-state index < -0.39 is 0 Å². The van der Waals surface area contributed by atoms with Crippen molar-refractivity contribution in [2.45, 2.75) is 19.3 Å². The van der Waals surface area contributed by atoms with Gasteiger partial charge in [-0.3, -0.25) is 9.59 Å². The number of hydrogen-bond acceptors (Lipinski definition) is 4. The second kappa shape index (κ2) is 5.53. The Labute approximate surface area is 128 Å². The van der Waals surface area contributed by atoms with Gasteiger partial charge < -0.3 is 4.90 Å². The van der Waals surface area contributed by atoms with Gasteiger partial charge in [0, 0.05) is 36.0 Å². The minimum Gasteiger partial charge on any atom is -0.343 e. The molecule has 0 saturated heterocycles. The van der Waals surface area contributed by atoms with Crippen LogP contribution in [0.25, 0.3) is 4.91 Å². The Kier molecular flexibility index (Phi) is 3.72. The Morgan fingerprint density at radius 2 is 1.76 bits per heavy atom. The molecule has 1 saturated carbocycles. The van der Waals surface area contributed by atoms with E-state index in [1.54, 1.807) is 11.8 Å². The molecule has 2 aliphatic rings. The molecule has 1 fully saturated rings. The van der Waals surface area contributed by atoms with E-state index in [2.05, 4.69) is 6.07 Å². The minimum atomic E-state index is -0.0239. The van der Waals surface area contributed by atoms with Crippen molar-refractivity contribution in [2.24, 2.45) is 0 Å². The number of allylic oxidation sites excluding steroid dienone is 2. The highest BCUT2D eigenvalue weighted by Gasteiger charge is 2.30. The van der Waals surface area contributed by atoms with Crippen molar-refractivity contribution >= 4 is 33.9 Å². The zero-order valence-corrected chi connectivity index (χ0v) is 13.0. The summed E-state index contributed by atoms with van der Waals surface area (Å²) in [7, 11) is 1.92. The first kappa shape index (κ1) is 14.1. The largest absolute Gasteiger partial charge is 0.343 e. The van der Waals surface area contributed by atoms with Gasteiger partial charge in [-0.1, -0.05) is 18.2 Å². The number of ketones is 2. The van der Waals surface area contributed by atoms with Crippen LogP contribution in [-0.4, -0.2) is 24.9 Å². The maximum Gasteiger partial charge on any atom is 0.168 e. The van der Waals surface area contributed by atoms with E-state index in [0.29, 0.717) is 24.8 Å². The third-order valence-electron chi connectivity index (χ3n) is 4.00. The van der Waals surface area contributed by atoms with E-state index in [0.717, 1.165) is 21.9 Å². The molecule has 1 aliphatic heterocycles. The number of thioether (sulfide) groups is 1. The van der Waals surface area contributed by atoms with Crippen LogP contribution in [0.5, 0.6) is 0 Å². The van der Waals surface area contributed by atoms with Gasteiger partial charge in [0.25, 0.3) is 0 Å². The van der Waals surface area contributed by atoms with Crippen molar-refractivity contribution in [3.05, 3.63) is 47.2 Å². The first-order chi connectivity index (χ1) is 10.1. The van der Waals surface area contributed by atoms with E-state index >= 15 is 0 Å². The summed E-state index contributed by atoms with van der Waals surface area (Å²) in [6.07, 6.45) is 5.61. The van der Waals surface area contributed by atoms with E-state index in [1.807, 2.05) is 42.5 Å². The average molecular weight is 299 g/mol. The topological polar surface area (TPSA) is 37.4 Å². The number of anilines is 1. The Morgan fingerprint density at radius 3 is 2.43 bits per heavy atom. The van der Waals surface area contributed by atoms with E-state index in [4.69, 9.17) is 0 Å². The summed E-state index contributed by atoms with van der Waals surface area (Å²) in [5, 5.41) is 0. The standard InChI is InChI=1S/C17H17NO2S/c1-18-12-7-4-3-6-11(12)16(21-2)10-13(18)17-14(19)8-5-9-15(17)20/h3-4,6-7,10H,5,8-9H2,1-2H3. The summed E-state index contributed by atoms with van der Waals surface area (Å²) in [5.74, 6) is -0.0478. The maximum atomic E-state index is 12.2. The SMILES string of the molecule is CSC1=CC(=C2C(=O)CCCC2=O)N(C)c2ccccc21. The van der Waals surface area contributed by atoms with Gasteiger partial charge in [0.1, 0.15) is 0 Å². The quantitative estimate of drug-likeness (QED) is 0.588. The summed E-state index contributed by atoms with van der Waals surface area (Å²) in [5.41, 5.74) is 3.31. The number of fused-ring (bicyclic) bond motifs is 1. The highest BCUT2D eigenvalue weighted by Crippen LogP contribution is 2.41. The molecule has 3 nitrogen and oxygen atoms in total. The van der Waals surface area contributed by atoms with Gasteiger partial charge in [-0.25, -0.2) is 0 Å². The maximum absolute atomic E-state index is 12.2. The van der Waals surface area contributed by atoms with Crippen molar-refractivity contribution in [2.75, 3.05) is 18.2 Å². The van der Waals surface area contributed by atoms with Crippen molar-refractivity contribution in [3.8, 4) is 0 Å². The van der Waals surface area contributed by atoms with Crippen molar-refractivity contribution in [1.29, 1.82) is 0 Å². The van der Waals surface area contributed by atoms with Gasteiger partial charge in [0.05, 0.1) is 11.3 Å². The van der Waals surface area contributed by atoms with Crippen LogP contribution in [-0.2, 0) is 9.59 Å². The number of para-hydroxylation sites is 1. The molecule has 0 bridgehead atoms. The van der Waals surface area contributed by atoms with Crippen LogP contribution in [0.2, 0.25) is 0 Å². The van der Waals surface area contributed by atoms with Crippen molar-refractivity contribution in [1.82, 2.24) is 0 Å². The molecule has 0 spiro atoms.